The molecule has 1 unspecified atom stereocenters. The quantitative estimate of drug-likeness (QED) is 0.195. The van der Waals surface area contributed by atoms with Gasteiger partial charge in [0.05, 0.1) is 6.61 Å². The minimum Gasteiger partial charge on any atom is -0.433 e. The Labute approximate surface area is 116 Å². The molecule has 19 heavy (non-hydrogen) atoms. The molecular formula is C14H28O5. The highest BCUT2D eigenvalue weighted by atomic mass is 17.2. The van der Waals surface area contributed by atoms with Gasteiger partial charge in [0.25, 0.3) is 0 Å². The summed E-state index contributed by atoms with van der Waals surface area (Å²) >= 11 is 0. The molecule has 1 atom stereocenters. The fourth-order valence-corrected chi connectivity index (χ4v) is 1.36. The van der Waals surface area contributed by atoms with Crippen LogP contribution in [0.3, 0.4) is 0 Å². The van der Waals surface area contributed by atoms with Crippen LogP contribution in [0, 0.1) is 5.92 Å². The molecule has 0 fully saturated rings. The standard InChI is InChI=1S/C14H28O5/c1-4-5-6-9-13(16)18-14(12(2)3)19-17-11-8-7-10-15/h12,14-15H,4-11H2,1-3H3. The lowest BCUT2D eigenvalue weighted by atomic mass is 10.2. The molecule has 0 aromatic rings. The maximum Gasteiger partial charge on any atom is 0.308 e. The van der Waals surface area contributed by atoms with Crippen LogP contribution in [0.1, 0.15) is 59.3 Å². The summed E-state index contributed by atoms with van der Waals surface area (Å²) < 4.78 is 5.23. The van der Waals surface area contributed by atoms with Gasteiger partial charge in [-0.2, -0.15) is 4.89 Å². The Morgan fingerprint density at radius 1 is 1.16 bits per heavy atom. The summed E-state index contributed by atoms with van der Waals surface area (Å²) in [6.45, 7) is 6.42. The highest BCUT2D eigenvalue weighted by molar-refractivity contribution is 5.69. The fraction of sp³-hybridized carbons (Fsp3) is 0.929. The lowest BCUT2D eigenvalue weighted by molar-refractivity contribution is -0.379. The predicted molar refractivity (Wildman–Crippen MR) is 72.2 cm³/mol. The maximum atomic E-state index is 11.6. The first-order chi connectivity index (χ1) is 9.11. The molecule has 0 saturated heterocycles. The minimum atomic E-state index is -0.664. The van der Waals surface area contributed by atoms with Crippen molar-refractivity contribution in [3.63, 3.8) is 0 Å². The second kappa shape index (κ2) is 12.4. The molecule has 0 aliphatic heterocycles. The number of hydrogen-bond acceptors (Lipinski definition) is 5. The van der Waals surface area contributed by atoms with Gasteiger partial charge < -0.3 is 9.84 Å². The normalized spacial score (nSPS) is 12.7. The van der Waals surface area contributed by atoms with Crippen molar-refractivity contribution < 1.29 is 24.4 Å². The largest absolute Gasteiger partial charge is 0.433 e. The lowest BCUT2D eigenvalue weighted by Gasteiger charge is -2.20. The number of aliphatic hydroxyl groups excluding tert-OH is 1. The molecule has 1 N–H and O–H groups in total. The number of esters is 1. The van der Waals surface area contributed by atoms with Gasteiger partial charge in [0.15, 0.2) is 0 Å². The van der Waals surface area contributed by atoms with Crippen molar-refractivity contribution in [3.05, 3.63) is 0 Å². The highest BCUT2D eigenvalue weighted by Gasteiger charge is 2.19. The summed E-state index contributed by atoms with van der Waals surface area (Å²) in [6.07, 6.45) is 4.09. The summed E-state index contributed by atoms with van der Waals surface area (Å²) in [5.74, 6) is -0.209. The third kappa shape index (κ3) is 10.9. The summed E-state index contributed by atoms with van der Waals surface area (Å²) in [7, 11) is 0. The lowest BCUT2D eigenvalue weighted by Crippen LogP contribution is -2.27. The SMILES string of the molecule is CCCCCC(=O)OC(OOCCCCO)C(C)C. The molecular weight excluding hydrogens is 248 g/mol. The van der Waals surface area contributed by atoms with Crippen molar-refractivity contribution in [3.8, 4) is 0 Å². The van der Waals surface area contributed by atoms with E-state index in [2.05, 4.69) is 6.92 Å². The summed E-state index contributed by atoms with van der Waals surface area (Å²) in [5.41, 5.74) is 0. The molecule has 0 heterocycles. The van der Waals surface area contributed by atoms with Crippen LogP contribution in [-0.4, -0.2) is 30.6 Å². The molecule has 0 aromatic carbocycles. The van der Waals surface area contributed by atoms with Gasteiger partial charge in [-0.15, -0.1) is 0 Å². The Morgan fingerprint density at radius 2 is 1.89 bits per heavy atom. The Bertz CT molecular complexity index is 218. The summed E-state index contributed by atoms with van der Waals surface area (Å²) in [5, 5.41) is 8.62. The highest BCUT2D eigenvalue weighted by Crippen LogP contribution is 2.11. The first-order valence-electron chi connectivity index (χ1n) is 7.20. The Kier molecular flexibility index (Phi) is 12.0. The van der Waals surface area contributed by atoms with Gasteiger partial charge in [0.2, 0.25) is 6.29 Å². The maximum absolute atomic E-state index is 11.6. The number of ether oxygens (including phenoxy) is 1. The van der Waals surface area contributed by atoms with Crippen molar-refractivity contribution in [1.29, 1.82) is 0 Å². The van der Waals surface area contributed by atoms with E-state index in [1.165, 1.54) is 0 Å². The minimum absolute atomic E-state index is 0.0352. The molecule has 0 radical (unpaired) electrons. The van der Waals surface area contributed by atoms with E-state index in [9.17, 15) is 4.79 Å². The molecule has 114 valence electrons. The van der Waals surface area contributed by atoms with E-state index in [0.717, 1.165) is 19.3 Å². The molecule has 0 amide bonds. The second-order valence-electron chi connectivity index (χ2n) is 4.91. The molecule has 0 aliphatic carbocycles. The van der Waals surface area contributed by atoms with Gasteiger partial charge in [-0.05, 0) is 19.3 Å². The van der Waals surface area contributed by atoms with E-state index < -0.39 is 6.29 Å². The number of carbonyl (C=O) groups is 1. The average Bonchev–Trinajstić information content (AvgIpc) is 2.37. The van der Waals surface area contributed by atoms with Crippen molar-refractivity contribution in [2.45, 2.75) is 65.6 Å². The van der Waals surface area contributed by atoms with Crippen LogP contribution in [0.15, 0.2) is 0 Å². The van der Waals surface area contributed by atoms with Gasteiger partial charge in [0.1, 0.15) is 0 Å². The molecule has 0 saturated carbocycles. The fourth-order valence-electron chi connectivity index (χ4n) is 1.36. The second-order valence-corrected chi connectivity index (χ2v) is 4.91. The zero-order valence-corrected chi connectivity index (χ0v) is 12.4. The first kappa shape index (κ1) is 18.4. The van der Waals surface area contributed by atoms with Crippen LogP contribution in [0.2, 0.25) is 0 Å². The van der Waals surface area contributed by atoms with Crippen LogP contribution in [0.5, 0.6) is 0 Å². The van der Waals surface area contributed by atoms with Crippen molar-refractivity contribution in [2.24, 2.45) is 5.92 Å². The van der Waals surface area contributed by atoms with E-state index >= 15 is 0 Å². The Morgan fingerprint density at radius 3 is 2.47 bits per heavy atom. The smallest absolute Gasteiger partial charge is 0.308 e. The number of aliphatic hydroxyl groups is 1. The van der Waals surface area contributed by atoms with E-state index in [0.29, 0.717) is 25.9 Å². The summed E-state index contributed by atoms with van der Waals surface area (Å²) in [6, 6.07) is 0. The van der Waals surface area contributed by atoms with Crippen molar-refractivity contribution in [2.75, 3.05) is 13.2 Å². The predicted octanol–water partition coefficient (Wildman–Crippen LogP) is 2.81. The van der Waals surface area contributed by atoms with E-state index in [4.69, 9.17) is 19.6 Å². The molecule has 0 aliphatic rings. The van der Waals surface area contributed by atoms with E-state index in [-0.39, 0.29) is 18.5 Å². The third-order valence-corrected chi connectivity index (χ3v) is 2.58. The van der Waals surface area contributed by atoms with Crippen LogP contribution in [0.4, 0.5) is 0 Å². The van der Waals surface area contributed by atoms with Gasteiger partial charge in [0, 0.05) is 18.9 Å². The molecule has 0 aromatic heterocycles. The van der Waals surface area contributed by atoms with E-state index in [1.54, 1.807) is 0 Å². The summed E-state index contributed by atoms with van der Waals surface area (Å²) in [4.78, 5) is 21.7. The van der Waals surface area contributed by atoms with Gasteiger partial charge in [-0.25, -0.2) is 4.89 Å². The Hall–Kier alpha value is -0.650. The van der Waals surface area contributed by atoms with Crippen LogP contribution >= 0.6 is 0 Å². The number of unbranched alkanes of at least 4 members (excludes halogenated alkanes) is 3. The first-order valence-corrected chi connectivity index (χ1v) is 7.20. The Balaban J connectivity index is 3.81. The number of carbonyl (C=O) groups excluding carboxylic acids is 1. The number of hydrogen-bond donors (Lipinski definition) is 1. The molecule has 0 bridgehead atoms. The van der Waals surface area contributed by atoms with Crippen molar-refractivity contribution in [1.82, 2.24) is 0 Å². The average molecular weight is 276 g/mol. The molecule has 5 nitrogen and oxygen atoms in total. The van der Waals surface area contributed by atoms with Crippen LogP contribution in [0.25, 0.3) is 0 Å². The van der Waals surface area contributed by atoms with E-state index in [1.807, 2.05) is 13.8 Å². The van der Waals surface area contributed by atoms with Gasteiger partial charge >= 0.3 is 5.97 Å². The van der Waals surface area contributed by atoms with Gasteiger partial charge in [-0.1, -0.05) is 33.6 Å². The molecule has 0 rings (SSSR count). The van der Waals surface area contributed by atoms with Crippen LogP contribution < -0.4 is 0 Å². The topological polar surface area (TPSA) is 65.0 Å². The monoisotopic (exact) mass is 276 g/mol. The number of rotatable bonds is 12. The zero-order chi connectivity index (χ0) is 14.5. The third-order valence-electron chi connectivity index (χ3n) is 2.58. The zero-order valence-electron chi connectivity index (χ0n) is 12.4. The van der Waals surface area contributed by atoms with Crippen LogP contribution in [-0.2, 0) is 19.3 Å². The van der Waals surface area contributed by atoms with Crippen molar-refractivity contribution >= 4 is 5.97 Å². The molecule has 0 spiro atoms. The van der Waals surface area contributed by atoms with Gasteiger partial charge in [-0.3, -0.25) is 4.79 Å². The molecule has 5 heteroatoms.